The monoisotopic (exact) mass is 521 g/mol. The summed E-state index contributed by atoms with van der Waals surface area (Å²) in [4.78, 5) is 10.5. The standard InChI is InChI=1S/C25H31F4N7O/c1-2-31-21-13-20-18(14-33-21)23(35-11-8-15(30)9-12-35)34-36(20)16-3-5-17(6-4-16)37-24-22(26)19(7-10-32-24)25(27,28)29/h7,10,13-17H,2-6,8-9,11-12,30H2,1H3,(H,31,33)/t16-,17+. The summed E-state index contributed by atoms with van der Waals surface area (Å²) in [5.41, 5.74) is 5.71. The van der Waals surface area contributed by atoms with Gasteiger partial charge < -0.3 is 20.7 Å². The van der Waals surface area contributed by atoms with E-state index in [1.807, 2.05) is 23.9 Å². The predicted molar refractivity (Wildman–Crippen MR) is 132 cm³/mol. The Kier molecular flexibility index (Phi) is 7.11. The van der Waals surface area contributed by atoms with Crippen molar-refractivity contribution in [3.05, 3.63) is 35.9 Å². The van der Waals surface area contributed by atoms with Crippen LogP contribution >= 0.6 is 0 Å². The Morgan fingerprint density at radius 3 is 2.51 bits per heavy atom. The van der Waals surface area contributed by atoms with E-state index in [1.54, 1.807) is 0 Å². The zero-order chi connectivity index (χ0) is 26.2. The Morgan fingerprint density at radius 2 is 1.84 bits per heavy atom. The first kappa shape index (κ1) is 25.5. The summed E-state index contributed by atoms with van der Waals surface area (Å²) < 4.78 is 61.2. The normalized spacial score (nSPS) is 21.4. The second-order valence-electron chi connectivity index (χ2n) is 9.73. The quantitative estimate of drug-likeness (QED) is 0.446. The molecule has 1 aliphatic carbocycles. The predicted octanol–water partition coefficient (Wildman–Crippen LogP) is 4.91. The lowest BCUT2D eigenvalue weighted by Crippen LogP contribution is -2.40. The first-order chi connectivity index (χ1) is 17.7. The number of halogens is 4. The smallest absolute Gasteiger partial charge is 0.419 e. The van der Waals surface area contributed by atoms with Crippen LogP contribution in [0, 0.1) is 5.82 Å². The van der Waals surface area contributed by atoms with Gasteiger partial charge in [-0.05, 0) is 51.5 Å². The number of nitrogens with two attached hydrogens (primary N) is 1. The summed E-state index contributed by atoms with van der Waals surface area (Å²) in [5.74, 6) is -0.406. The molecule has 1 saturated heterocycles. The van der Waals surface area contributed by atoms with Crippen molar-refractivity contribution in [3.8, 4) is 5.88 Å². The van der Waals surface area contributed by atoms with Crippen LogP contribution < -0.4 is 20.7 Å². The Labute approximate surface area is 212 Å². The number of fused-ring (bicyclic) bond motifs is 1. The van der Waals surface area contributed by atoms with Crippen LogP contribution in [0.4, 0.5) is 29.2 Å². The Balaban J connectivity index is 1.35. The number of anilines is 2. The van der Waals surface area contributed by atoms with Gasteiger partial charge in [0.15, 0.2) is 11.6 Å². The molecule has 1 aliphatic heterocycles. The maximum absolute atomic E-state index is 14.4. The molecule has 0 bridgehead atoms. The lowest BCUT2D eigenvalue weighted by molar-refractivity contribution is -0.140. The van der Waals surface area contributed by atoms with Crippen LogP contribution in [0.1, 0.15) is 57.1 Å². The van der Waals surface area contributed by atoms with Crippen molar-refractivity contribution >= 4 is 22.5 Å². The number of aromatic nitrogens is 4. The third-order valence-electron chi connectivity index (χ3n) is 7.20. The molecule has 200 valence electrons. The maximum Gasteiger partial charge on any atom is 0.419 e. The summed E-state index contributed by atoms with van der Waals surface area (Å²) in [6.45, 7) is 4.41. The van der Waals surface area contributed by atoms with Crippen LogP contribution in [0.5, 0.6) is 5.88 Å². The number of piperidine rings is 1. The fraction of sp³-hybridized carbons (Fsp3) is 0.560. The van der Waals surface area contributed by atoms with Gasteiger partial charge in [-0.2, -0.15) is 18.3 Å². The minimum absolute atomic E-state index is 0.0688. The Morgan fingerprint density at radius 1 is 1.11 bits per heavy atom. The van der Waals surface area contributed by atoms with Gasteiger partial charge in [-0.25, -0.2) is 14.4 Å². The number of nitrogens with zero attached hydrogens (tertiary/aromatic N) is 5. The molecule has 3 aromatic rings. The van der Waals surface area contributed by atoms with Crippen LogP contribution in [0.2, 0.25) is 0 Å². The molecule has 8 nitrogen and oxygen atoms in total. The fourth-order valence-corrected chi connectivity index (χ4v) is 5.21. The molecule has 2 fully saturated rings. The van der Waals surface area contributed by atoms with Gasteiger partial charge in [-0.15, -0.1) is 0 Å². The lowest BCUT2D eigenvalue weighted by atomic mass is 9.93. The van der Waals surface area contributed by atoms with Crippen molar-refractivity contribution in [2.24, 2.45) is 5.73 Å². The van der Waals surface area contributed by atoms with E-state index in [0.717, 1.165) is 61.2 Å². The molecule has 12 heteroatoms. The third kappa shape index (κ3) is 5.29. The lowest BCUT2D eigenvalue weighted by Gasteiger charge is -2.31. The van der Waals surface area contributed by atoms with Gasteiger partial charge >= 0.3 is 6.18 Å². The summed E-state index contributed by atoms with van der Waals surface area (Å²) in [5, 5.41) is 9.25. The topological polar surface area (TPSA) is 94.1 Å². The first-order valence-electron chi connectivity index (χ1n) is 12.8. The molecule has 37 heavy (non-hydrogen) atoms. The second-order valence-corrected chi connectivity index (χ2v) is 9.73. The van der Waals surface area contributed by atoms with E-state index in [-0.39, 0.29) is 12.1 Å². The zero-order valence-electron chi connectivity index (χ0n) is 20.6. The van der Waals surface area contributed by atoms with Gasteiger partial charge in [0.1, 0.15) is 11.9 Å². The van der Waals surface area contributed by atoms with E-state index in [9.17, 15) is 17.6 Å². The van der Waals surface area contributed by atoms with E-state index in [4.69, 9.17) is 15.6 Å². The molecule has 1 saturated carbocycles. The molecule has 0 radical (unpaired) electrons. The summed E-state index contributed by atoms with van der Waals surface area (Å²) in [7, 11) is 0. The van der Waals surface area contributed by atoms with Gasteiger partial charge in [0.25, 0.3) is 5.88 Å². The largest absolute Gasteiger partial charge is 0.472 e. The van der Waals surface area contributed by atoms with Gasteiger partial charge in [0.05, 0.1) is 22.5 Å². The number of rotatable bonds is 6. The molecule has 2 aliphatic rings. The number of hydrogen-bond acceptors (Lipinski definition) is 7. The molecule has 0 aromatic carbocycles. The molecule has 3 aromatic heterocycles. The highest BCUT2D eigenvalue weighted by atomic mass is 19.4. The van der Waals surface area contributed by atoms with Gasteiger partial charge in [-0.3, -0.25) is 4.68 Å². The van der Waals surface area contributed by atoms with Crippen LogP contribution in [-0.2, 0) is 6.18 Å². The highest BCUT2D eigenvalue weighted by Crippen LogP contribution is 2.38. The molecular weight excluding hydrogens is 490 g/mol. The molecule has 5 rings (SSSR count). The average Bonchev–Trinajstić information content (AvgIpc) is 3.24. The summed E-state index contributed by atoms with van der Waals surface area (Å²) in [6.07, 6.45) is 1.82. The van der Waals surface area contributed by atoms with Gasteiger partial charge in [0, 0.05) is 44.1 Å². The highest BCUT2D eigenvalue weighted by molar-refractivity contribution is 5.91. The summed E-state index contributed by atoms with van der Waals surface area (Å²) >= 11 is 0. The second kappa shape index (κ2) is 10.3. The molecule has 0 unspecified atom stereocenters. The highest BCUT2D eigenvalue weighted by Gasteiger charge is 2.36. The van der Waals surface area contributed by atoms with E-state index >= 15 is 0 Å². The van der Waals surface area contributed by atoms with E-state index in [2.05, 4.69) is 20.2 Å². The number of ether oxygens (including phenoxy) is 1. The van der Waals surface area contributed by atoms with Crippen molar-refractivity contribution < 1.29 is 22.3 Å². The van der Waals surface area contributed by atoms with Crippen LogP contribution in [-0.4, -0.2) is 51.5 Å². The molecule has 0 atom stereocenters. The minimum Gasteiger partial charge on any atom is -0.472 e. The fourth-order valence-electron chi connectivity index (χ4n) is 5.21. The number of pyridine rings is 2. The van der Waals surface area contributed by atoms with Crippen molar-refractivity contribution in [2.45, 2.75) is 69.8 Å². The maximum atomic E-state index is 14.4. The van der Waals surface area contributed by atoms with Crippen LogP contribution in [0.3, 0.4) is 0 Å². The first-order valence-corrected chi connectivity index (χ1v) is 12.8. The minimum atomic E-state index is -4.80. The number of hydrogen-bond donors (Lipinski definition) is 2. The average molecular weight is 522 g/mol. The van der Waals surface area contributed by atoms with Gasteiger partial charge in [-0.1, -0.05) is 0 Å². The summed E-state index contributed by atoms with van der Waals surface area (Å²) in [6, 6.07) is 2.90. The number of alkyl halides is 3. The third-order valence-corrected chi connectivity index (χ3v) is 7.20. The number of nitrogens with one attached hydrogen (secondary N) is 1. The molecule has 0 spiro atoms. The van der Waals surface area contributed by atoms with E-state index < -0.39 is 29.5 Å². The van der Waals surface area contributed by atoms with Crippen molar-refractivity contribution in [1.82, 2.24) is 19.7 Å². The Bertz CT molecular complexity index is 1230. The molecule has 4 heterocycles. The van der Waals surface area contributed by atoms with E-state index in [0.29, 0.717) is 31.7 Å². The molecule has 0 amide bonds. The van der Waals surface area contributed by atoms with Gasteiger partial charge in [0.2, 0.25) is 0 Å². The SMILES string of the molecule is CCNc1cc2c(cn1)c(N1CCC(N)CC1)nn2[C@H]1CC[C@@H](Oc2nccc(C(F)(F)F)c2F)CC1. The van der Waals surface area contributed by atoms with Crippen molar-refractivity contribution in [1.29, 1.82) is 0 Å². The molecule has 3 N–H and O–H groups in total. The van der Waals surface area contributed by atoms with E-state index in [1.165, 1.54) is 0 Å². The van der Waals surface area contributed by atoms with Crippen molar-refractivity contribution in [3.63, 3.8) is 0 Å². The van der Waals surface area contributed by atoms with Crippen LogP contribution in [0.15, 0.2) is 24.5 Å². The zero-order valence-corrected chi connectivity index (χ0v) is 20.6. The van der Waals surface area contributed by atoms with Crippen molar-refractivity contribution in [2.75, 3.05) is 29.9 Å². The molecular formula is C25H31F4N7O. The Hall–Kier alpha value is -3.15. The van der Waals surface area contributed by atoms with Crippen LogP contribution in [0.25, 0.3) is 10.9 Å².